The summed E-state index contributed by atoms with van der Waals surface area (Å²) >= 11 is 0. The van der Waals surface area contributed by atoms with Gasteiger partial charge in [-0.25, -0.2) is 0 Å². The first-order valence-corrected chi connectivity index (χ1v) is 7.79. The fraction of sp³-hybridized carbons (Fsp3) is 0.444. The minimum atomic E-state index is -0.148. The van der Waals surface area contributed by atoms with Crippen LogP contribution < -0.4 is 5.32 Å². The summed E-state index contributed by atoms with van der Waals surface area (Å²) in [6.07, 6.45) is 2.01. The summed E-state index contributed by atoms with van der Waals surface area (Å²) in [5, 5.41) is 2.96. The molecule has 1 aliphatic rings. The number of fused-ring (bicyclic) bond motifs is 1. The van der Waals surface area contributed by atoms with Gasteiger partial charge in [0.1, 0.15) is 6.54 Å². The second-order valence-corrected chi connectivity index (χ2v) is 6.32. The lowest BCUT2D eigenvalue weighted by molar-refractivity contribution is -0.121. The van der Waals surface area contributed by atoms with Crippen molar-refractivity contribution >= 4 is 17.5 Å². The van der Waals surface area contributed by atoms with Crippen LogP contribution in [0, 0.1) is 5.92 Å². The van der Waals surface area contributed by atoms with Gasteiger partial charge in [0, 0.05) is 22.9 Å². The Labute approximate surface area is 132 Å². The quantitative estimate of drug-likeness (QED) is 0.878. The Kier molecular flexibility index (Phi) is 5.01. The highest BCUT2D eigenvalue weighted by molar-refractivity contribution is 6.10. The smallest absolute Gasteiger partial charge is 0.259 e. The van der Waals surface area contributed by atoms with Crippen molar-refractivity contribution in [2.24, 2.45) is 5.92 Å². The summed E-state index contributed by atoms with van der Waals surface area (Å²) in [4.78, 5) is 25.9. The number of carbonyl (C=O) groups is 2. The molecule has 1 aromatic rings. The van der Waals surface area contributed by atoms with Crippen LogP contribution in [0.4, 0.5) is 0 Å². The molecule has 0 spiro atoms. The lowest BCUT2D eigenvalue weighted by Crippen LogP contribution is -2.40. The number of hydrogen-bond donors (Lipinski definition) is 1. The molecule has 2 rings (SSSR count). The molecule has 0 radical (unpaired) electrons. The molecule has 0 bridgehead atoms. The van der Waals surface area contributed by atoms with Gasteiger partial charge >= 0.3 is 0 Å². The molecule has 1 N–H and O–H groups in total. The van der Waals surface area contributed by atoms with Gasteiger partial charge in [0.25, 0.3) is 5.91 Å². The molecular weight excluding hydrogens is 276 g/mol. The van der Waals surface area contributed by atoms with Gasteiger partial charge in [0.05, 0.1) is 0 Å². The molecule has 1 aromatic carbocycles. The van der Waals surface area contributed by atoms with Crippen LogP contribution >= 0.6 is 0 Å². The number of carbonyl (C=O) groups excluding carboxylic acids is 2. The van der Waals surface area contributed by atoms with Crippen LogP contribution in [0.15, 0.2) is 30.8 Å². The van der Waals surface area contributed by atoms with Crippen molar-refractivity contribution in [2.45, 2.75) is 39.7 Å². The van der Waals surface area contributed by atoms with E-state index in [0.29, 0.717) is 17.2 Å². The van der Waals surface area contributed by atoms with E-state index in [1.54, 1.807) is 6.07 Å². The van der Waals surface area contributed by atoms with E-state index in [1.165, 1.54) is 4.90 Å². The molecule has 0 saturated carbocycles. The molecule has 0 saturated heterocycles. The number of nitrogens with zero attached hydrogens (tertiary/aromatic N) is 1. The van der Waals surface area contributed by atoms with Gasteiger partial charge in [-0.2, -0.15) is 0 Å². The third-order valence-electron chi connectivity index (χ3n) is 3.93. The maximum Gasteiger partial charge on any atom is 0.259 e. The van der Waals surface area contributed by atoms with E-state index in [9.17, 15) is 9.59 Å². The second kappa shape index (κ2) is 6.77. The van der Waals surface area contributed by atoms with Crippen LogP contribution in [-0.4, -0.2) is 29.3 Å². The van der Waals surface area contributed by atoms with Crippen molar-refractivity contribution in [3.8, 4) is 0 Å². The van der Waals surface area contributed by atoms with Gasteiger partial charge in [0.15, 0.2) is 0 Å². The molecule has 0 aliphatic carbocycles. The lowest BCUT2D eigenvalue weighted by atomic mass is 10.0. The maximum atomic E-state index is 12.3. The highest BCUT2D eigenvalue weighted by Crippen LogP contribution is 2.30. The molecule has 0 fully saturated rings. The molecule has 2 amide bonds. The first-order chi connectivity index (χ1) is 10.4. The average Bonchev–Trinajstić information content (AvgIpc) is 2.71. The van der Waals surface area contributed by atoms with Crippen molar-refractivity contribution < 1.29 is 9.59 Å². The van der Waals surface area contributed by atoms with Gasteiger partial charge in [-0.15, -0.1) is 0 Å². The fourth-order valence-electron chi connectivity index (χ4n) is 2.62. The Bertz CT molecular complexity index is 558. The first-order valence-electron chi connectivity index (χ1n) is 7.79. The van der Waals surface area contributed by atoms with Crippen LogP contribution in [0.5, 0.6) is 0 Å². The van der Waals surface area contributed by atoms with Gasteiger partial charge in [-0.3, -0.25) is 14.5 Å². The third-order valence-corrected chi connectivity index (χ3v) is 3.93. The molecule has 118 valence electrons. The number of rotatable bonds is 6. The average molecular weight is 300 g/mol. The van der Waals surface area contributed by atoms with Crippen molar-refractivity contribution in [1.82, 2.24) is 10.2 Å². The molecule has 1 heterocycles. The van der Waals surface area contributed by atoms with Gasteiger partial charge in [-0.1, -0.05) is 38.6 Å². The maximum absolute atomic E-state index is 12.3. The normalized spacial score (nSPS) is 15.2. The standard InChI is InChI=1S/C18H24N2O2/c1-12(2)9-10-13(3)19-17(21)11-20-14(4)15-7-5-6-8-16(15)18(20)22/h5-8,12-13H,4,9-11H2,1-3H3,(H,19,21). The Morgan fingerprint density at radius 2 is 1.82 bits per heavy atom. The molecule has 4 nitrogen and oxygen atoms in total. The Morgan fingerprint density at radius 1 is 1.18 bits per heavy atom. The van der Waals surface area contributed by atoms with E-state index in [1.807, 2.05) is 25.1 Å². The van der Waals surface area contributed by atoms with Gasteiger partial charge < -0.3 is 5.32 Å². The molecule has 0 aromatic heterocycles. The third kappa shape index (κ3) is 3.56. The molecule has 4 heteroatoms. The SMILES string of the molecule is C=C1c2ccccc2C(=O)N1CC(=O)NC(C)CCC(C)C. The summed E-state index contributed by atoms with van der Waals surface area (Å²) in [6.45, 7) is 10.3. The Balaban J connectivity index is 1.93. The number of amides is 2. The molecule has 22 heavy (non-hydrogen) atoms. The Hall–Kier alpha value is -2.10. The zero-order chi connectivity index (χ0) is 16.3. The predicted molar refractivity (Wildman–Crippen MR) is 88.2 cm³/mol. The summed E-state index contributed by atoms with van der Waals surface area (Å²) in [5.41, 5.74) is 2.03. The number of hydrogen-bond acceptors (Lipinski definition) is 2. The summed E-state index contributed by atoms with van der Waals surface area (Å²) in [5.74, 6) is 0.331. The summed E-state index contributed by atoms with van der Waals surface area (Å²) < 4.78 is 0. The van der Waals surface area contributed by atoms with E-state index in [2.05, 4.69) is 25.7 Å². The van der Waals surface area contributed by atoms with E-state index >= 15 is 0 Å². The largest absolute Gasteiger partial charge is 0.352 e. The Morgan fingerprint density at radius 3 is 2.41 bits per heavy atom. The second-order valence-electron chi connectivity index (χ2n) is 6.32. The lowest BCUT2D eigenvalue weighted by Gasteiger charge is -2.20. The monoisotopic (exact) mass is 300 g/mol. The van der Waals surface area contributed by atoms with Crippen molar-refractivity contribution in [3.05, 3.63) is 42.0 Å². The van der Waals surface area contributed by atoms with Crippen molar-refractivity contribution in [3.63, 3.8) is 0 Å². The molecule has 1 atom stereocenters. The highest BCUT2D eigenvalue weighted by Gasteiger charge is 2.31. The van der Waals surface area contributed by atoms with Gasteiger partial charge in [0.2, 0.25) is 5.91 Å². The topological polar surface area (TPSA) is 49.4 Å². The first kappa shape index (κ1) is 16.3. The summed E-state index contributed by atoms with van der Waals surface area (Å²) in [7, 11) is 0. The van der Waals surface area contributed by atoms with E-state index in [0.717, 1.165) is 18.4 Å². The van der Waals surface area contributed by atoms with Crippen molar-refractivity contribution in [1.29, 1.82) is 0 Å². The highest BCUT2D eigenvalue weighted by atomic mass is 16.2. The minimum absolute atomic E-state index is 0.0262. The van der Waals surface area contributed by atoms with Crippen LogP contribution in [0.3, 0.4) is 0 Å². The zero-order valence-electron chi connectivity index (χ0n) is 13.6. The van der Waals surface area contributed by atoms with E-state index in [-0.39, 0.29) is 24.4 Å². The van der Waals surface area contributed by atoms with E-state index < -0.39 is 0 Å². The van der Waals surface area contributed by atoms with Crippen LogP contribution in [0.25, 0.3) is 5.70 Å². The molecule has 1 unspecified atom stereocenters. The number of benzene rings is 1. The molecular formula is C18H24N2O2. The van der Waals surface area contributed by atoms with E-state index in [4.69, 9.17) is 0 Å². The minimum Gasteiger partial charge on any atom is -0.352 e. The van der Waals surface area contributed by atoms with Crippen LogP contribution in [0.2, 0.25) is 0 Å². The zero-order valence-corrected chi connectivity index (χ0v) is 13.6. The van der Waals surface area contributed by atoms with Crippen LogP contribution in [-0.2, 0) is 4.79 Å². The van der Waals surface area contributed by atoms with Crippen LogP contribution in [0.1, 0.15) is 49.5 Å². The van der Waals surface area contributed by atoms with Crippen molar-refractivity contribution in [2.75, 3.05) is 6.54 Å². The fourth-order valence-corrected chi connectivity index (χ4v) is 2.62. The van der Waals surface area contributed by atoms with Gasteiger partial charge in [-0.05, 0) is 31.7 Å². The molecule has 1 aliphatic heterocycles. The number of nitrogens with one attached hydrogen (secondary N) is 1. The summed E-state index contributed by atoms with van der Waals surface area (Å²) in [6, 6.07) is 7.43. The predicted octanol–water partition coefficient (Wildman–Crippen LogP) is 3.05.